The predicted octanol–water partition coefficient (Wildman–Crippen LogP) is 2.17. The predicted molar refractivity (Wildman–Crippen MR) is 72.7 cm³/mol. The quantitative estimate of drug-likeness (QED) is 0.806. The van der Waals surface area contributed by atoms with Gasteiger partial charge in [-0.1, -0.05) is 23.4 Å². The van der Waals surface area contributed by atoms with E-state index in [1.807, 2.05) is 0 Å². The zero-order chi connectivity index (χ0) is 13.5. The molecule has 1 rings (SSSR count). The molecular formula is C13H15ClN2O2. The van der Waals surface area contributed by atoms with Crippen LogP contribution in [-0.4, -0.2) is 36.7 Å². The summed E-state index contributed by atoms with van der Waals surface area (Å²) in [5, 5.41) is 12.0. The maximum atomic E-state index is 11.6. The summed E-state index contributed by atoms with van der Waals surface area (Å²) in [5.74, 6) is 5.67. The van der Waals surface area contributed by atoms with Gasteiger partial charge in [0.1, 0.15) is 0 Å². The minimum absolute atomic E-state index is 0.00690. The number of hydrogen-bond acceptors (Lipinski definition) is 2. The standard InChI is InChI=1S/C13H15ClN2O2/c1-16(2)13(18)15-12-7-6-11(14)9-10(12)5-3-4-8-17/h6-7,9,17H,4,8H2,1-2H3,(H,15,18). The number of benzene rings is 1. The molecule has 96 valence electrons. The van der Waals surface area contributed by atoms with E-state index in [4.69, 9.17) is 16.7 Å². The summed E-state index contributed by atoms with van der Waals surface area (Å²) in [6, 6.07) is 4.83. The van der Waals surface area contributed by atoms with Crippen molar-refractivity contribution in [3.63, 3.8) is 0 Å². The zero-order valence-electron chi connectivity index (χ0n) is 10.3. The molecule has 5 heteroatoms. The number of carbonyl (C=O) groups is 1. The molecule has 0 bridgehead atoms. The van der Waals surface area contributed by atoms with Gasteiger partial charge in [0, 0.05) is 31.1 Å². The van der Waals surface area contributed by atoms with Crippen LogP contribution in [0.15, 0.2) is 18.2 Å². The van der Waals surface area contributed by atoms with Crippen LogP contribution in [0.25, 0.3) is 0 Å². The normalized spacial score (nSPS) is 9.33. The number of carbonyl (C=O) groups excluding carboxylic acids is 1. The topological polar surface area (TPSA) is 52.6 Å². The van der Waals surface area contributed by atoms with Crippen molar-refractivity contribution in [1.29, 1.82) is 0 Å². The largest absolute Gasteiger partial charge is 0.395 e. The van der Waals surface area contributed by atoms with Crippen molar-refractivity contribution in [3.05, 3.63) is 28.8 Å². The van der Waals surface area contributed by atoms with Crippen molar-refractivity contribution in [1.82, 2.24) is 4.90 Å². The van der Waals surface area contributed by atoms with E-state index in [0.717, 1.165) is 0 Å². The average molecular weight is 267 g/mol. The van der Waals surface area contributed by atoms with Crippen molar-refractivity contribution in [2.75, 3.05) is 26.0 Å². The van der Waals surface area contributed by atoms with Gasteiger partial charge in [0.05, 0.1) is 12.3 Å². The molecule has 0 atom stereocenters. The maximum absolute atomic E-state index is 11.6. The number of halogens is 1. The number of aliphatic hydroxyl groups is 1. The number of rotatable bonds is 2. The summed E-state index contributed by atoms with van der Waals surface area (Å²) in [4.78, 5) is 13.0. The van der Waals surface area contributed by atoms with Gasteiger partial charge in [-0.3, -0.25) is 0 Å². The number of nitrogens with one attached hydrogen (secondary N) is 1. The second-order valence-corrected chi connectivity index (χ2v) is 4.23. The molecule has 0 saturated carbocycles. The summed E-state index contributed by atoms with van der Waals surface area (Å²) in [5.41, 5.74) is 1.23. The Labute approximate surface area is 112 Å². The van der Waals surface area contributed by atoms with Gasteiger partial charge in [0.2, 0.25) is 0 Å². The third kappa shape index (κ3) is 4.28. The smallest absolute Gasteiger partial charge is 0.321 e. The first-order valence-corrected chi connectivity index (χ1v) is 5.80. The molecule has 0 aliphatic carbocycles. The van der Waals surface area contributed by atoms with Crippen molar-refractivity contribution < 1.29 is 9.90 Å². The Bertz CT molecular complexity index is 489. The highest BCUT2D eigenvalue weighted by Crippen LogP contribution is 2.20. The lowest BCUT2D eigenvalue weighted by atomic mass is 10.1. The van der Waals surface area contributed by atoms with E-state index < -0.39 is 0 Å². The van der Waals surface area contributed by atoms with E-state index in [9.17, 15) is 4.79 Å². The van der Waals surface area contributed by atoms with Crippen LogP contribution < -0.4 is 5.32 Å². The highest BCUT2D eigenvalue weighted by atomic mass is 35.5. The van der Waals surface area contributed by atoms with Gasteiger partial charge < -0.3 is 15.3 Å². The van der Waals surface area contributed by atoms with E-state index in [1.54, 1.807) is 32.3 Å². The van der Waals surface area contributed by atoms with E-state index in [2.05, 4.69) is 17.2 Å². The lowest BCUT2D eigenvalue weighted by Crippen LogP contribution is -2.27. The van der Waals surface area contributed by atoms with Crippen LogP contribution in [0, 0.1) is 11.8 Å². The number of urea groups is 1. The summed E-state index contributed by atoms with van der Waals surface area (Å²) in [7, 11) is 3.31. The molecule has 18 heavy (non-hydrogen) atoms. The Morgan fingerprint density at radius 2 is 2.22 bits per heavy atom. The Hall–Kier alpha value is -1.70. The van der Waals surface area contributed by atoms with Crippen LogP contribution in [0.4, 0.5) is 10.5 Å². The van der Waals surface area contributed by atoms with Gasteiger partial charge in [-0.25, -0.2) is 4.79 Å². The average Bonchev–Trinajstić information content (AvgIpc) is 2.32. The highest BCUT2D eigenvalue weighted by Gasteiger charge is 2.07. The molecular weight excluding hydrogens is 252 g/mol. The Balaban J connectivity index is 2.97. The summed E-state index contributed by atoms with van der Waals surface area (Å²) < 4.78 is 0. The van der Waals surface area contributed by atoms with Crippen LogP contribution in [0.5, 0.6) is 0 Å². The number of aliphatic hydroxyl groups excluding tert-OH is 1. The van der Waals surface area contributed by atoms with Crippen LogP contribution >= 0.6 is 11.6 Å². The van der Waals surface area contributed by atoms with Crippen molar-refractivity contribution in [3.8, 4) is 11.8 Å². The van der Waals surface area contributed by atoms with E-state index >= 15 is 0 Å². The van der Waals surface area contributed by atoms with Crippen LogP contribution in [0.3, 0.4) is 0 Å². The molecule has 1 aromatic carbocycles. The van der Waals surface area contributed by atoms with E-state index in [-0.39, 0.29) is 12.6 Å². The van der Waals surface area contributed by atoms with E-state index in [1.165, 1.54) is 4.90 Å². The molecule has 2 N–H and O–H groups in total. The molecule has 2 amide bonds. The minimum Gasteiger partial charge on any atom is -0.395 e. The fourth-order valence-electron chi connectivity index (χ4n) is 1.17. The van der Waals surface area contributed by atoms with Gasteiger partial charge >= 0.3 is 6.03 Å². The van der Waals surface area contributed by atoms with Gasteiger partial charge in [0.15, 0.2) is 0 Å². The summed E-state index contributed by atoms with van der Waals surface area (Å²) in [6.07, 6.45) is 0.383. The lowest BCUT2D eigenvalue weighted by Gasteiger charge is -2.13. The highest BCUT2D eigenvalue weighted by molar-refractivity contribution is 6.30. The summed E-state index contributed by atoms with van der Waals surface area (Å²) >= 11 is 5.89. The molecule has 0 spiro atoms. The molecule has 0 heterocycles. The van der Waals surface area contributed by atoms with Crippen LogP contribution in [-0.2, 0) is 0 Å². The lowest BCUT2D eigenvalue weighted by molar-refractivity contribution is 0.230. The molecule has 0 aromatic heterocycles. The molecule has 0 aliphatic rings. The number of anilines is 1. The van der Waals surface area contributed by atoms with Crippen molar-refractivity contribution in [2.45, 2.75) is 6.42 Å². The van der Waals surface area contributed by atoms with Gasteiger partial charge in [-0.05, 0) is 18.2 Å². The third-order valence-electron chi connectivity index (χ3n) is 2.09. The molecule has 1 aromatic rings. The number of hydrogen-bond donors (Lipinski definition) is 2. The fraction of sp³-hybridized carbons (Fsp3) is 0.308. The second-order valence-electron chi connectivity index (χ2n) is 3.79. The molecule has 0 fully saturated rings. The molecule has 0 saturated heterocycles. The SMILES string of the molecule is CN(C)C(=O)Nc1ccc(Cl)cc1C#CCCO. The summed E-state index contributed by atoms with van der Waals surface area (Å²) in [6.45, 7) is 0.00690. The monoisotopic (exact) mass is 266 g/mol. The van der Waals surface area contributed by atoms with Gasteiger partial charge in [-0.15, -0.1) is 0 Å². The van der Waals surface area contributed by atoms with Crippen molar-refractivity contribution in [2.24, 2.45) is 0 Å². The number of amides is 2. The Kier molecular flexibility index (Phi) is 5.50. The minimum atomic E-state index is -0.234. The van der Waals surface area contributed by atoms with Crippen molar-refractivity contribution >= 4 is 23.3 Å². The Morgan fingerprint density at radius 3 is 2.83 bits per heavy atom. The van der Waals surface area contributed by atoms with Gasteiger partial charge in [-0.2, -0.15) is 0 Å². The first kappa shape index (κ1) is 14.4. The zero-order valence-corrected chi connectivity index (χ0v) is 11.1. The molecule has 0 aliphatic heterocycles. The second kappa shape index (κ2) is 6.90. The maximum Gasteiger partial charge on any atom is 0.321 e. The van der Waals surface area contributed by atoms with Crippen LogP contribution in [0.1, 0.15) is 12.0 Å². The molecule has 0 radical (unpaired) electrons. The van der Waals surface area contributed by atoms with Gasteiger partial charge in [0.25, 0.3) is 0 Å². The van der Waals surface area contributed by atoms with E-state index in [0.29, 0.717) is 22.7 Å². The first-order chi connectivity index (χ1) is 8.54. The third-order valence-corrected chi connectivity index (χ3v) is 2.32. The molecule has 4 nitrogen and oxygen atoms in total. The first-order valence-electron chi connectivity index (χ1n) is 5.42. The fourth-order valence-corrected chi connectivity index (χ4v) is 1.34. The Morgan fingerprint density at radius 1 is 1.50 bits per heavy atom. The van der Waals surface area contributed by atoms with Crippen LogP contribution in [0.2, 0.25) is 5.02 Å². The molecule has 0 unspecified atom stereocenters. The number of nitrogens with zero attached hydrogens (tertiary/aromatic N) is 1.